The van der Waals surface area contributed by atoms with Crippen LogP contribution in [-0.4, -0.2) is 13.8 Å². The fraction of sp³-hybridized carbons (Fsp3) is 0.125. The van der Waals surface area contributed by atoms with Gasteiger partial charge in [-0.15, -0.1) is 0 Å². The second-order valence-electron chi connectivity index (χ2n) is 2.22. The summed E-state index contributed by atoms with van der Waals surface area (Å²) in [6, 6.07) is 7.16. The van der Waals surface area contributed by atoms with Crippen molar-refractivity contribution in [2.24, 2.45) is 0 Å². The SMILES string of the molecule is O=S(=O)=CCc1ccccc1Cl. The molecule has 0 heterocycles. The third kappa shape index (κ3) is 2.68. The van der Waals surface area contributed by atoms with Crippen LogP contribution >= 0.6 is 11.6 Å². The van der Waals surface area contributed by atoms with Crippen LogP contribution in [0.15, 0.2) is 24.3 Å². The van der Waals surface area contributed by atoms with Gasteiger partial charge in [0.05, 0.1) is 0 Å². The zero-order valence-corrected chi connectivity index (χ0v) is 7.77. The van der Waals surface area contributed by atoms with Crippen LogP contribution < -0.4 is 0 Å². The van der Waals surface area contributed by atoms with Gasteiger partial charge in [-0.3, -0.25) is 0 Å². The van der Waals surface area contributed by atoms with Crippen molar-refractivity contribution in [1.29, 1.82) is 0 Å². The molecule has 64 valence electrons. The molecule has 1 aromatic carbocycles. The first kappa shape index (κ1) is 9.29. The lowest BCUT2D eigenvalue weighted by molar-refractivity contribution is 0.627. The molecule has 0 radical (unpaired) electrons. The molecule has 0 amide bonds. The molecule has 0 aliphatic rings. The topological polar surface area (TPSA) is 34.1 Å². The number of benzene rings is 1. The first-order valence-electron chi connectivity index (χ1n) is 3.35. The first-order valence-corrected chi connectivity index (χ1v) is 4.86. The zero-order valence-electron chi connectivity index (χ0n) is 6.20. The average Bonchev–Trinajstić information content (AvgIpc) is 2.03. The van der Waals surface area contributed by atoms with Gasteiger partial charge in [0.25, 0.3) is 0 Å². The highest BCUT2D eigenvalue weighted by Gasteiger charge is 1.95. The van der Waals surface area contributed by atoms with Gasteiger partial charge in [-0.2, -0.15) is 8.42 Å². The van der Waals surface area contributed by atoms with Gasteiger partial charge >= 0.3 is 0 Å². The molecule has 0 aromatic heterocycles. The van der Waals surface area contributed by atoms with Crippen LogP contribution in [0.4, 0.5) is 0 Å². The van der Waals surface area contributed by atoms with E-state index in [1.807, 2.05) is 6.07 Å². The van der Waals surface area contributed by atoms with Crippen molar-refractivity contribution >= 4 is 27.3 Å². The Labute approximate surface area is 77.3 Å². The fourth-order valence-corrected chi connectivity index (χ4v) is 1.35. The summed E-state index contributed by atoms with van der Waals surface area (Å²) in [6.07, 6.45) is 0.357. The lowest BCUT2D eigenvalue weighted by Gasteiger charge is -1.96. The Morgan fingerprint density at radius 3 is 2.58 bits per heavy atom. The summed E-state index contributed by atoms with van der Waals surface area (Å²) in [5.41, 5.74) is 0.823. The molecule has 1 rings (SSSR count). The zero-order chi connectivity index (χ0) is 8.97. The molecule has 4 heteroatoms. The molecule has 0 saturated carbocycles. The van der Waals surface area contributed by atoms with Crippen molar-refractivity contribution in [1.82, 2.24) is 0 Å². The molecule has 0 atom stereocenters. The van der Waals surface area contributed by atoms with E-state index in [1.165, 1.54) is 5.37 Å². The van der Waals surface area contributed by atoms with E-state index in [1.54, 1.807) is 18.2 Å². The molecule has 0 bridgehead atoms. The molecule has 0 spiro atoms. The molecular formula is C8H7ClO2S. The van der Waals surface area contributed by atoms with Gasteiger partial charge in [-0.05, 0) is 11.6 Å². The van der Waals surface area contributed by atoms with Crippen molar-refractivity contribution in [3.8, 4) is 0 Å². The van der Waals surface area contributed by atoms with E-state index in [4.69, 9.17) is 11.6 Å². The normalized spacial score (nSPS) is 9.42. The van der Waals surface area contributed by atoms with Gasteiger partial charge in [0, 0.05) is 16.8 Å². The fourth-order valence-electron chi connectivity index (χ4n) is 0.822. The van der Waals surface area contributed by atoms with E-state index in [9.17, 15) is 8.42 Å². The Morgan fingerprint density at radius 1 is 1.33 bits per heavy atom. The molecular weight excluding hydrogens is 196 g/mol. The van der Waals surface area contributed by atoms with Gasteiger partial charge < -0.3 is 0 Å². The Morgan fingerprint density at radius 2 is 2.00 bits per heavy atom. The highest BCUT2D eigenvalue weighted by molar-refractivity contribution is 7.71. The molecule has 12 heavy (non-hydrogen) atoms. The van der Waals surface area contributed by atoms with Gasteiger partial charge in [0.1, 0.15) is 0 Å². The van der Waals surface area contributed by atoms with Crippen LogP contribution in [-0.2, 0) is 16.7 Å². The summed E-state index contributed by atoms with van der Waals surface area (Å²) in [6.45, 7) is 0. The molecule has 0 saturated heterocycles. The van der Waals surface area contributed by atoms with E-state index < -0.39 is 10.3 Å². The first-order chi connectivity index (χ1) is 5.70. The summed E-state index contributed by atoms with van der Waals surface area (Å²) in [7, 11) is -2.11. The van der Waals surface area contributed by atoms with Gasteiger partial charge in [0.15, 0.2) is 0 Å². The van der Waals surface area contributed by atoms with Crippen LogP contribution in [0.1, 0.15) is 5.56 Å². The molecule has 0 fully saturated rings. The second-order valence-corrected chi connectivity index (χ2v) is 3.48. The van der Waals surface area contributed by atoms with E-state index >= 15 is 0 Å². The lowest BCUT2D eigenvalue weighted by Crippen LogP contribution is -1.87. The number of halogens is 1. The van der Waals surface area contributed by atoms with Crippen molar-refractivity contribution < 1.29 is 8.42 Å². The van der Waals surface area contributed by atoms with Crippen LogP contribution in [0.3, 0.4) is 0 Å². The smallest absolute Gasteiger partial charge is 0.185 e. The largest absolute Gasteiger partial charge is 0.210 e. The van der Waals surface area contributed by atoms with Gasteiger partial charge in [-0.1, -0.05) is 29.8 Å². The Balaban J connectivity index is 2.90. The monoisotopic (exact) mass is 202 g/mol. The van der Waals surface area contributed by atoms with Crippen molar-refractivity contribution in [3.63, 3.8) is 0 Å². The molecule has 0 N–H and O–H groups in total. The maximum Gasteiger partial charge on any atom is 0.210 e. The van der Waals surface area contributed by atoms with Crippen molar-refractivity contribution in [2.45, 2.75) is 6.42 Å². The maximum atomic E-state index is 10.2. The minimum atomic E-state index is -2.11. The van der Waals surface area contributed by atoms with E-state index in [0.29, 0.717) is 11.4 Å². The van der Waals surface area contributed by atoms with Crippen LogP contribution in [0, 0.1) is 0 Å². The summed E-state index contributed by atoms with van der Waals surface area (Å²) in [5, 5.41) is 1.78. The third-order valence-corrected chi connectivity index (χ3v) is 2.20. The highest BCUT2D eigenvalue weighted by atomic mass is 35.5. The van der Waals surface area contributed by atoms with E-state index in [-0.39, 0.29) is 0 Å². The molecule has 0 aliphatic carbocycles. The quantitative estimate of drug-likeness (QED) is 0.683. The predicted molar refractivity (Wildman–Crippen MR) is 50.1 cm³/mol. The average molecular weight is 203 g/mol. The maximum absolute atomic E-state index is 10.2. The van der Waals surface area contributed by atoms with Crippen LogP contribution in [0.2, 0.25) is 5.02 Å². The Kier molecular flexibility index (Phi) is 3.31. The standard InChI is InChI=1S/C8H7ClO2S/c9-8-4-2-1-3-7(8)5-6-12(10)11/h1-4,6H,5H2. The Hall–Kier alpha value is -0.800. The number of hydrogen-bond donors (Lipinski definition) is 0. The summed E-state index contributed by atoms with van der Waals surface area (Å²) >= 11 is 5.79. The number of hydrogen-bond acceptors (Lipinski definition) is 2. The molecule has 2 nitrogen and oxygen atoms in total. The van der Waals surface area contributed by atoms with E-state index in [2.05, 4.69) is 0 Å². The Bertz CT molecular complexity index is 387. The third-order valence-electron chi connectivity index (χ3n) is 1.40. The predicted octanol–water partition coefficient (Wildman–Crippen LogP) is 1.56. The second kappa shape index (κ2) is 4.28. The van der Waals surface area contributed by atoms with Gasteiger partial charge in [0.2, 0.25) is 10.3 Å². The lowest BCUT2D eigenvalue weighted by atomic mass is 10.2. The summed E-state index contributed by atoms with van der Waals surface area (Å²) < 4.78 is 20.4. The molecule has 0 unspecified atom stereocenters. The van der Waals surface area contributed by atoms with E-state index in [0.717, 1.165) is 5.56 Å². The number of rotatable bonds is 2. The minimum Gasteiger partial charge on any atom is -0.185 e. The summed E-state index contributed by atoms with van der Waals surface area (Å²) in [5.74, 6) is 0. The summed E-state index contributed by atoms with van der Waals surface area (Å²) in [4.78, 5) is 0. The minimum absolute atomic E-state index is 0.357. The molecule has 1 aromatic rings. The van der Waals surface area contributed by atoms with Gasteiger partial charge in [-0.25, -0.2) is 0 Å². The molecule has 0 aliphatic heterocycles. The van der Waals surface area contributed by atoms with Crippen LogP contribution in [0.5, 0.6) is 0 Å². The highest BCUT2D eigenvalue weighted by Crippen LogP contribution is 2.14. The van der Waals surface area contributed by atoms with Crippen molar-refractivity contribution in [3.05, 3.63) is 34.9 Å². The van der Waals surface area contributed by atoms with Crippen molar-refractivity contribution in [2.75, 3.05) is 0 Å². The van der Waals surface area contributed by atoms with Crippen LogP contribution in [0.25, 0.3) is 0 Å².